The molecule has 0 aliphatic carbocycles. The standard InChI is InChI=1S/C7H14N2O3/c1-5(3-10)2-9-7(11)6(8)4-12-9/h5-6,10H,2-4,8H2,1H3. The van der Waals surface area contributed by atoms with Gasteiger partial charge in [-0.05, 0) is 5.92 Å². The fraction of sp³-hybridized carbons (Fsp3) is 0.857. The molecule has 1 aliphatic heterocycles. The molecule has 12 heavy (non-hydrogen) atoms. The molecular weight excluding hydrogens is 160 g/mol. The highest BCUT2D eigenvalue weighted by Crippen LogP contribution is 2.08. The maximum Gasteiger partial charge on any atom is 0.265 e. The fourth-order valence-electron chi connectivity index (χ4n) is 0.974. The zero-order valence-electron chi connectivity index (χ0n) is 7.06. The van der Waals surface area contributed by atoms with Crippen LogP contribution in [-0.4, -0.2) is 41.9 Å². The highest BCUT2D eigenvalue weighted by molar-refractivity contribution is 5.82. The van der Waals surface area contributed by atoms with Gasteiger partial charge in [0.1, 0.15) is 6.04 Å². The summed E-state index contributed by atoms with van der Waals surface area (Å²) in [4.78, 5) is 16.1. The van der Waals surface area contributed by atoms with Crippen molar-refractivity contribution in [2.75, 3.05) is 19.8 Å². The van der Waals surface area contributed by atoms with Crippen LogP contribution < -0.4 is 5.73 Å². The number of aliphatic hydroxyl groups excluding tert-OH is 1. The summed E-state index contributed by atoms with van der Waals surface area (Å²) in [5.74, 6) is -0.172. The van der Waals surface area contributed by atoms with Gasteiger partial charge >= 0.3 is 0 Å². The smallest absolute Gasteiger partial charge is 0.265 e. The summed E-state index contributed by atoms with van der Waals surface area (Å²) in [5, 5.41) is 9.95. The maximum atomic E-state index is 11.2. The second kappa shape index (κ2) is 3.84. The molecule has 2 atom stereocenters. The number of carbonyl (C=O) groups is 1. The topological polar surface area (TPSA) is 75.8 Å². The van der Waals surface area contributed by atoms with E-state index in [0.29, 0.717) is 6.54 Å². The summed E-state index contributed by atoms with van der Waals surface area (Å²) in [5.41, 5.74) is 5.41. The van der Waals surface area contributed by atoms with Crippen molar-refractivity contribution in [1.82, 2.24) is 5.06 Å². The third-order valence-electron chi connectivity index (χ3n) is 1.76. The molecule has 0 radical (unpaired) electrons. The molecule has 1 amide bonds. The number of hydrogen-bond acceptors (Lipinski definition) is 4. The molecule has 0 saturated carbocycles. The second-order valence-corrected chi connectivity index (χ2v) is 3.09. The normalized spacial score (nSPS) is 26.4. The van der Waals surface area contributed by atoms with E-state index in [0.717, 1.165) is 0 Å². The van der Waals surface area contributed by atoms with Gasteiger partial charge in [0.05, 0.1) is 13.2 Å². The van der Waals surface area contributed by atoms with E-state index in [1.807, 2.05) is 6.92 Å². The molecule has 1 fully saturated rings. The van der Waals surface area contributed by atoms with Crippen LogP contribution in [0.3, 0.4) is 0 Å². The lowest BCUT2D eigenvalue weighted by atomic mass is 10.2. The van der Waals surface area contributed by atoms with Crippen LogP contribution in [0.4, 0.5) is 0 Å². The van der Waals surface area contributed by atoms with Gasteiger partial charge in [0.2, 0.25) is 0 Å². The summed E-state index contributed by atoms with van der Waals surface area (Å²) in [6.07, 6.45) is 0. The zero-order chi connectivity index (χ0) is 9.14. The Morgan fingerprint density at radius 2 is 2.58 bits per heavy atom. The van der Waals surface area contributed by atoms with Crippen molar-refractivity contribution in [1.29, 1.82) is 0 Å². The van der Waals surface area contributed by atoms with E-state index in [1.54, 1.807) is 0 Å². The Kier molecular flexibility index (Phi) is 3.02. The quantitative estimate of drug-likeness (QED) is 0.558. The molecule has 5 nitrogen and oxygen atoms in total. The van der Waals surface area contributed by atoms with Gasteiger partial charge in [0, 0.05) is 6.61 Å². The van der Waals surface area contributed by atoms with Gasteiger partial charge in [-0.3, -0.25) is 9.63 Å². The fourth-order valence-corrected chi connectivity index (χ4v) is 0.974. The molecule has 70 valence electrons. The lowest BCUT2D eigenvalue weighted by Crippen LogP contribution is -2.37. The Labute approximate surface area is 71.0 Å². The van der Waals surface area contributed by atoms with E-state index in [-0.39, 0.29) is 25.0 Å². The Hall–Kier alpha value is -0.650. The first kappa shape index (κ1) is 9.44. The number of nitrogens with zero attached hydrogens (tertiary/aromatic N) is 1. The Bertz CT molecular complexity index is 174. The van der Waals surface area contributed by atoms with Gasteiger partial charge in [0.15, 0.2) is 0 Å². The number of aliphatic hydroxyl groups is 1. The molecule has 0 spiro atoms. The molecular formula is C7H14N2O3. The number of amides is 1. The first-order chi connectivity index (χ1) is 5.65. The number of hydroxylamine groups is 2. The monoisotopic (exact) mass is 174 g/mol. The van der Waals surface area contributed by atoms with E-state index in [4.69, 9.17) is 15.7 Å². The molecule has 2 unspecified atom stereocenters. The molecule has 1 saturated heterocycles. The second-order valence-electron chi connectivity index (χ2n) is 3.09. The van der Waals surface area contributed by atoms with E-state index >= 15 is 0 Å². The first-order valence-corrected chi connectivity index (χ1v) is 3.96. The van der Waals surface area contributed by atoms with Gasteiger partial charge in [-0.25, -0.2) is 5.06 Å². The highest BCUT2D eigenvalue weighted by atomic mass is 16.7. The summed E-state index contributed by atoms with van der Waals surface area (Å²) in [6, 6.07) is -0.532. The lowest BCUT2D eigenvalue weighted by molar-refractivity contribution is -0.165. The number of nitrogens with two attached hydrogens (primary N) is 1. The SMILES string of the molecule is CC(CO)CN1OCC(N)C1=O. The average molecular weight is 174 g/mol. The predicted octanol–water partition coefficient (Wildman–Crippen LogP) is -1.28. The van der Waals surface area contributed by atoms with Gasteiger partial charge in [-0.15, -0.1) is 0 Å². The van der Waals surface area contributed by atoms with Gasteiger partial charge in [0.25, 0.3) is 5.91 Å². The van der Waals surface area contributed by atoms with Crippen LogP contribution >= 0.6 is 0 Å². The van der Waals surface area contributed by atoms with Crippen molar-refractivity contribution < 1.29 is 14.7 Å². The molecule has 0 aromatic heterocycles. The summed E-state index contributed by atoms with van der Waals surface area (Å²) in [6.45, 7) is 2.53. The molecule has 1 heterocycles. The molecule has 3 N–H and O–H groups in total. The Morgan fingerprint density at radius 3 is 3.00 bits per heavy atom. The van der Waals surface area contributed by atoms with Crippen LogP contribution in [0.1, 0.15) is 6.92 Å². The number of rotatable bonds is 3. The summed E-state index contributed by atoms with van der Waals surface area (Å²) < 4.78 is 0. The Morgan fingerprint density at radius 1 is 1.92 bits per heavy atom. The van der Waals surface area contributed by atoms with E-state index in [9.17, 15) is 4.79 Å². The minimum absolute atomic E-state index is 0.0271. The first-order valence-electron chi connectivity index (χ1n) is 3.96. The van der Waals surface area contributed by atoms with Crippen LogP contribution in [0, 0.1) is 5.92 Å². The van der Waals surface area contributed by atoms with Crippen molar-refractivity contribution in [3.63, 3.8) is 0 Å². The minimum Gasteiger partial charge on any atom is -0.396 e. The molecule has 0 bridgehead atoms. The lowest BCUT2D eigenvalue weighted by Gasteiger charge is -2.17. The van der Waals surface area contributed by atoms with Crippen LogP contribution in [0.15, 0.2) is 0 Å². The van der Waals surface area contributed by atoms with Gasteiger partial charge < -0.3 is 10.8 Å². The van der Waals surface area contributed by atoms with E-state index in [1.165, 1.54) is 5.06 Å². The van der Waals surface area contributed by atoms with Crippen LogP contribution in [-0.2, 0) is 9.63 Å². The molecule has 0 aromatic carbocycles. The van der Waals surface area contributed by atoms with Gasteiger partial charge in [-0.1, -0.05) is 6.92 Å². The van der Waals surface area contributed by atoms with Crippen molar-refractivity contribution in [2.45, 2.75) is 13.0 Å². The molecule has 5 heteroatoms. The van der Waals surface area contributed by atoms with Crippen LogP contribution in [0.2, 0.25) is 0 Å². The van der Waals surface area contributed by atoms with Crippen LogP contribution in [0.5, 0.6) is 0 Å². The van der Waals surface area contributed by atoms with Crippen molar-refractivity contribution >= 4 is 5.91 Å². The maximum absolute atomic E-state index is 11.2. The van der Waals surface area contributed by atoms with Crippen LogP contribution in [0.25, 0.3) is 0 Å². The van der Waals surface area contributed by atoms with E-state index < -0.39 is 6.04 Å². The molecule has 0 aromatic rings. The zero-order valence-corrected chi connectivity index (χ0v) is 7.06. The Balaban J connectivity index is 2.39. The third-order valence-corrected chi connectivity index (χ3v) is 1.76. The molecule has 1 aliphatic rings. The van der Waals surface area contributed by atoms with Crippen molar-refractivity contribution in [2.24, 2.45) is 11.7 Å². The largest absolute Gasteiger partial charge is 0.396 e. The molecule has 1 rings (SSSR count). The average Bonchev–Trinajstić information content (AvgIpc) is 2.36. The van der Waals surface area contributed by atoms with Crippen molar-refractivity contribution in [3.8, 4) is 0 Å². The summed E-state index contributed by atoms with van der Waals surface area (Å²) in [7, 11) is 0. The highest BCUT2D eigenvalue weighted by Gasteiger charge is 2.30. The summed E-state index contributed by atoms with van der Waals surface area (Å²) >= 11 is 0. The van der Waals surface area contributed by atoms with Crippen molar-refractivity contribution in [3.05, 3.63) is 0 Å². The third kappa shape index (κ3) is 1.94. The number of hydrogen-bond donors (Lipinski definition) is 2. The van der Waals surface area contributed by atoms with E-state index in [2.05, 4.69) is 0 Å². The number of carbonyl (C=O) groups excluding carboxylic acids is 1. The predicted molar refractivity (Wildman–Crippen MR) is 41.9 cm³/mol. The van der Waals surface area contributed by atoms with Gasteiger partial charge in [-0.2, -0.15) is 0 Å². The minimum atomic E-state index is -0.532.